The average Bonchev–Trinajstić information content (AvgIpc) is 2.97. The van der Waals surface area contributed by atoms with Crippen LogP contribution in [0.5, 0.6) is 5.75 Å². The van der Waals surface area contributed by atoms with Crippen LogP contribution in [0.2, 0.25) is 5.02 Å². The first-order valence-electron chi connectivity index (χ1n) is 9.47. The highest BCUT2D eigenvalue weighted by molar-refractivity contribution is 6.31. The Kier molecular flexibility index (Phi) is 4.93. The van der Waals surface area contributed by atoms with E-state index in [1.54, 1.807) is 0 Å². The van der Waals surface area contributed by atoms with E-state index in [2.05, 4.69) is 18.2 Å². The minimum Gasteiger partial charge on any atom is -0.494 e. The summed E-state index contributed by atoms with van der Waals surface area (Å²) >= 11 is 6.47. The van der Waals surface area contributed by atoms with E-state index in [-0.39, 0.29) is 0 Å². The maximum absolute atomic E-state index is 10.2. The molecule has 0 radical (unpaired) electrons. The molecule has 2 aliphatic heterocycles. The van der Waals surface area contributed by atoms with Gasteiger partial charge in [0.1, 0.15) is 11.4 Å². The van der Waals surface area contributed by atoms with Gasteiger partial charge in [-0.2, -0.15) is 0 Å². The average molecular weight is 389 g/mol. The maximum Gasteiger partial charge on any atom is 0.195 e. The lowest BCUT2D eigenvalue weighted by Crippen LogP contribution is -2.47. The van der Waals surface area contributed by atoms with E-state index in [9.17, 15) is 5.11 Å². The number of hydrogen-bond acceptors (Lipinski definition) is 4. The molecule has 3 atom stereocenters. The van der Waals surface area contributed by atoms with Gasteiger partial charge in [0.25, 0.3) is 0 Å². The molecule has 0 amide bonds. The minimum atomic E-state index is -0.786. The van der Waals surface area contributed by atoms with Gasteiger partial charge in [0.05, 0.1) is 19.3 Å². The van der Waals surface area contributed by atoms with Crippen LogP contribution in [0.15, 0.2) is 42.5 Å². The molecule has 0 unspecified atom stereocenters. The molecule has 27 heavy (non-hydrogen) atoms. The first-order chi connectivity index (χ1) is 12.9. The Hall–Kier alpha value is -1.59. The van der Waals surface area contributed by atoms with Crippen LogP contribution in [0, 0.1) is 0 Å². The fraction of sp³-hybridized carbons (Fsp3) is 0.455. The number of hydrogen-bond donors (Lipinski definition) is 1. The van der Waals surface area contributed by atoms with Gasteiger partial charge < -0.3 is 19.3 Å². The van der Waals surface area contributed by atoms with Crippen molar-refractivity contribution < 1.29 is 19.3 Å². The van der Waals surface area contributed by atoms with Crippen molar-refractivity contribution in [2.24, 2.45) is 0 Å². The number of rotatable bonds is 5. The predicted octanol–water partition coefficient (Wildman–Crippen LogP) is 4.44. The SMILES string of the molecule is CCOc1ccc(Cc2cc([C@]34CC[C@H](O)[C@](C)(CO3)O4)ccc2Cl)cc1. The molecule has 0 aliphatic carbocycles. The van der Waals surface area contributed by atoms with Crippen molar-refractivity contribution in [3.05, 3.63) is 64.2 Å². The van der Waals surface area contributed by atoms with Gasteiger partial charge in [-0.15, -0.1) is 0 Å². The second kappa shape index (κ2) is 7.10. The van der Waals surface area contributed by atoms with Crippen LogP contribution < -0.4 is 4.74 Å². The molecule has 2 fully saturated rings. The first-order valence-corrected chi connectivity index (χ1v) is 9.85. The summed E-state index contributed by atoms with van der Waals surface area (Å²) in [7, 11) is 0. The summed E-state index contributed by atoms with van der Waals surface area (Å²) in [6.07, 6.45) is 1.51. The first kappa shape index (κ1) is 18.8. The molecular formula is C22H25ClO4. The van der Waals surface area contributed by atoms with Crippen molar-refractivity contribution in [1.29, 1.82) is 0 Å². The van der Waals surface area contributed by atoms with Gasteiger partial charge in [0.15, 0.2) is 5.79 Å². The highest BCUT2D eigenvalue weighted by Crippen LogP contribution is 2.49. The Morgan fingerprint density at radius 1 is 1.22 bits per heavy atom. The summed E-state index contributed by atoms with van der Waals surface area (Å²) in [5.74, 6) is 0.0828. The standard InChI is InChI=1S/C22H25ClO4/c1-3-25-18-7-4-15(5-8-18)12-16-13-17(6-9-19(16)23)22-11-10-20(24)21(2,27-22)14-26-22/h4-9,13,20,24H,3,10-12,14H2,1-2H3/t20-,21-,22+/m0/s1. The van der Waals surface area contributed by atoms with E-state index in [1.165, 1.54) is 0 Å². The smallest absolute Gasteiger partial charge is 0.195 e. The van der Waals surface area contributed by atoms with E-state index in [0.29, 0.717) is 26.1 Å². The third-order valence-electron chi connectivity index (χ3n) is 5.56. The van der Waals surface area contributed by atoms with Crippen LogP contribution in [0.4, 0.5) is 0 Å². The summed E-state index contributed by atoms with van der Waals surface area (Å²) in [5, 5.41) is 11.0. The number of halogens is 1. The van der Waals surface area contributed by atoms with Crippen LogP contribution in [-0.2, 0) is 21.7 Å². The zero-order valence-corrected chi connectivity index (χ0v) is 16.5. The van der Waals surface area contributed by atoms with E-state index in [4.69, 9.17) is 25.8 Å². The van der Waals surface area contributed by atoms with Gasteiger partial charge >= 0.3 is 0 Å². The number of ether oxygens (including phenoxy) is 3. The molecule has 2 bridgehead atoms. The topological polar surface area (TPSA) is 47.9 Å². The number of benzene rings is 2. The normalized spacial score (nSPS) is 29.7. The van der Waals surface area contributed by atoms with Gasteiger partial charge in [-0.3, -0.25) is 0 Å². The molecule has 0 saturated carbocycles. The Bertz CT molecular complexity index is 818. The molecule has 4 rings (SSSR count). The number of aliphatic hydroxyl groups excluding tert-OH is 1. The molecule has 144 valence electrons. The van der Waals surface area contributed by atoms with Crippen LogP contribution in [0.1, 0.15) is 43.4 Å². The van der Waals surface area contributed by atoms with Crippen molar-refractivity contribution >= 4 is 11.6 Å². The van der Waals surface area contributed by atoms with Gasteiger partial charge in [0.2, 0.25) is 0 Å². The summed E-state index contributed by atoms with van der Waals surface area (Å²) in [6, 6.07) is 14.0. The minimum absolute atomic E-state index is 0.394. The molecule has 0 spiro atoms. The molecule has 1 N–H and O–H groups in total. The fourth-order valence-corrected chi connectivity index (χ4v) is 4.12. The summed E-state index contributed by atoms with van der Waals surface area (Å²) in [6.45, 7) is 4.93. The highest BCUT2D eigenvalue weighted by atomic mass is 35.5. The van der Waals surface area contributed by atoms with E-state index >= 15 is 0 Å². The van der Waals surface area contributed by atoms with Crippen molar-refractivity contribution in [1.82, 2.24) is 0 Å². The Morgan fingerprint density at radius 2 is 2.00 bits per heavy atom. The van der Waals surface area contributed by atoms with E-state index in [1.807, 2.05) is 38.1 Å². The zero-order chi connectivity index (χ0) is 19.1. The van der Waals surface area contributed by atoms with Crippen LogP contribution in [-0.4, -0.2) is 30.0 Å². The third kappa shape index (κ3) is 3.47. The maximum atomic E-state index is 10.2. The molecule has 2 aromatic rings. The number of aliphatic hydroxyl groups is 1. The monoisotopic (exact) mass is 388 g/mol. The van der Waals surface area contributed by atoms with Crippen molar-refractivity contribution in [2.45, 2.75) is 50.6 Å². The zero-order valence-electron chi connectivity index (χ0n) is 15.7. The van der Waals surface area contributed by atoms with E-state index < -0.39 is 17.5 Å². The summed E-state index contributed by atoms with van der Waals surface area (Å²) in [5.41, 5.74) is 2.50. The van der Waals surface area contributed by atoms with Gasteiger partial charge in [-0.25, -0.2) is 0 Å². The van der Waals surface area contributed by atoms with Crippen molar-refractivity contribution in [3.8, 4) is 5.75 Å². The lowest BCUT2D eigenvalue weighted by Gasteiger charge is -2.39. The number of fused-ring (bicyclic) bond motifs is 2. The molecule has 5 heteroatoms. The summed E-state index contributed by atoms with van der Waals surface area (Å²) < 4.78 is 17.8. The molecule has 2 aromatic carbocycles. The molecule has 0 aromatic heterocycles. The molecular weight excluding hydrogens is 364 g/mol. The van der Waals surface area contributed by atoms with Crippen molar-refractivity contribution in [3.63, 3.8) is 0 Å². The van der Waals surface area contributed by atoms with Crippen LogP contribution in [0.25, 0.3) is 0 Å². The molecule has 2 aliphatic rings. The van der Waals surface area contributed by atoms with Gasteiger partial charge in [-0.1, -0.05) is 29.8 Å². The van der Waals surface area contributed by atoms with Crippen molar-refractivity contribution in [2.75, 3.05) is 13.2 Å². The Balaban J connectivity index is 1.59. The quantitative estimate of drug-likeness (QED) is 0.822. The van der Waals surface area contributed by atoms with Crippen LogP contribution in [0.3, 0.4) is 0 Å². The summed E-state index contributed by atoms with van der Waals surface area (Å²) in [4.78, 5) is 0. The molecule has 2 saturated heterocycles. The van der Waals surface area contributed by atoms with Crippen LogP contribution >= 0.6 is 11.6 Å². The molecule has 2 heterocycles. The highest BCUT2D eigenvalue weighted by Gasteiger charge is 2.56. The lowest BCUT2D eigenvalue weighted by atomic mass is 9.88. The fourth-order valence-electron chi connectivity index (χ4n) is 3.94. The Morgan fingerprint density at radius 3 is 2.74 bits per heavy atom. The second-order valence-electron chi connectivity index (χ2n) is 7.57. The predicted molar refractivity (Wildman–Crippen MR) is 104 cm³/mol. The van der Waals surface area contributed by atoms with Gasteiger partial charge in [0, 0.05) is 17.0 Å². The lowest BCUT2D eigenvalue weighted by molar-refractivity contribution is -0.242. The largest absolute Gasteiger partial charge is 0.494 e. The second-order valence-corrected chi connectivity index (χ2v) is 7.98. The van der Waals surface area contributed by atoms with E-state index in [0.717, 1.165) is 33.9 Å². The molecule has 4 nitrogen and oxygen atoms in total. The Labute approximate surface area is 165 Å². The van der Waals surface area contributed by atoms with Gasteiger partial charge in [-0.05, 0) is 62.1 Å². The third-order valence-corrected chi connectivity index (χ3v) is 5.92.